The van der Waals surface area contributed by atoms with Gasteiger partial charge in [0.1, 0.15) is 6.07 Å². The van der Waals surface area contributed by atoms with Crippen molar-refractivity contribution in [3.8, 4) is 12.1 Å². The lowest BCUT2D eigenvalue weighted by Crippen LogP contribution is -2.46. The van der Waals surface area contributed by atoms with Gasteiger partial charge in [0.2, 0.25) is 5.95 Å². The highest BCUT2D eigenvalue weighted by molar-refractivity contribution is 6.00. The lowest BCUT2D eigenvalue weighted by Gasteiger charge is -2.36. The Morgan fingerprint density at radius 3 is 2.45 bits per heavy atom. The van der Waals surface area contributed by atoms with Gasteiger partial charge in [0, 0.05) is 48.7 Å². The molecule has 0 aliphatic carbocycles. The summed E-state index contributed by atoms with van der Waals surface area (Å²) < 4.78 is 0. The van der Waals surface area contributed by atoms with Crippen molar-refractivity contribution in [3.63, 3.8) is 0 Å². The highest BCUT2D eigenvalue weighted by atomic mass is 15.3. The SMILES string of the molecule is N#Cc1cnc(NC2CCN(c3nnc(N4CC(C#N)C4)c4cc(N)ccc34)C2)nc1. The lowest BCUT2D eigenvalue weighted by molar-refractivity contribution is 0.499. The number of nitriles is 2. The molecule has 10 nitrogen and oxygen atoms in total. The van der Waals surface area contributed by atoms with E-state index in [0.717, 1.165) is 41.9 Å². The number of nitrogens with zero attached hydrogens (tertiary/aromatic N) is 8. The van der Waals surface area contributed by atoms with E-state index in [1.165, 1.54) is 12.4 Å². The van der Waals surface area contributed by atoms with Crippen molar-refractivity contribution < 1.29 is 0 Å². The fourth-order valence-corrected chi connectivity index (χ4v) is 4.06. The van der Waals surface area contributed by atoms with Crippen LogP contribution in [0, 0.1) is 28.6 Å². The molecule has 0 radical (unpaired) electrons. The predicted octanol–water partition coefficient (Wildman–Crippen LogP) is 1.52. The Morgan fingerprint density at radius 1 is 1.00 bits per heavy atom. The van der Waals surface area contributed by atoms with E-state index in [9.17, 15) is 0 Å². The Balaban J connectivity index is 1.38. The summed E-state index contributed by atoms with van der Waals surface area (Å²) in [6, 6.07) is 10.3. The predicted molar refractivity (Wildman–Crippen MR) is 116 cm³/mol. The maximum Gasteiger partial charge on any atom is 0.222 e. The van der Waals surface area contributed by atoms with Crippen LogP contribution in [0.15, 0.2) is 30.6 Å². The first-order valence-corrected chi connectivity index (χ1v) is 10.1. The summed E-state index contributed by atoms with van der Waals surface area (Å²) in [5, 5.41) is 32.3. The van der Waals surface area contributed by atoms with E-state index < -0.39 is 0 Å². The normalized spacial score (nSPS) is 18.5. The Hall–Kier alpha value is -4.18. The van der Waals surface area contributed by atoms with Crippen LogP contribution in [0.25, 0.3) is 10.8 Å². The summed E-state index contributed by atoms with van der Waals surface area (Å²) in [6.45, 7) is 2.88. The van der Waals surface area contributed by atoms with Crippen molar-refractivity contribution in [2.75, 3.05) is 47.0 Å². The van der Waals surface area contributed by atoms with Gasteiger partial charge in [-0.3, -0.25) is 0 Å². The highest BCUT2D eigenvalue weighted by Gasteiger charge is 2.31. The zero-order valence-electron chi connectivity index (χ0n) is 16.7. The number of nitrogen functional groups attached to an aromatic ring is 1. The van der Waals surface area contributed by atoms with E-state index in [4.69, 9.17) is 16.3 Å². The van der Waals surface area contributed by atoms with Crippen molar-refractivity contribution in [3.05, 3.63) is 36.2 Å². The lowest BCUT2D eigenvalue weighted by atomic mass is 10.0. The molecule has 0 amide bonds. The minimum absolute atomic E-state index is 0.0347. The van der Waals surface area contributed by atoms with Crippen LogP contribution in [0.3, 0.4) is 0 Å². The average molecular weight is 412 g/mol. The van der Waals surface area contributed by atoms with Crippen molar-refractivity contribution in [2.24, 2.45) is 5.92 Å². The molecule has 0 spiro atoms. The standard InChI is InChI=1S/C21H20N10/c22-6-13-8-25-21(26-9-13)27-16-3-4-30(12-16)19-17-2-1-15(24)5-18(17)20(29-28-19)31-10-14(7-23)11-31/h1-2,5,8-9,14,16H,3-4,10-12,24H2,(H,25,26,27). The van der Waals surface area contributed by atoms with Gasteiger partial charge in [-0.25, -0.2) is 9.97 Å². The van der Waals surface area contributed by atoms with E-state index in [-0.39, 0.29) is 12.0 Å². The molecule has 2 aliphatic rings. The summed E-state index contributed by atoms with van der Waals surface area (Å²) in [7, 11) is 0. The van der Waals surface area contributed by atoms with Crippen LogP contribution in [0.2, 0.25) is 0 Å². The van der Waals surface area contributed by atoms with Gasteiger partial charge in [-0.2, -0.15) is 10.5 Å². The largest absolute Gasteiger partial charge is 0.399 e. The number of nitrogens with two attached hydrogens (primary N) is 1. The van der Waals surface area contributed by atoms with Crippen LogP contribution in [0.5, 0.6) is 0 Å². The van der Waals surface area contributed by atoms with Crippen molar-refractivity contribution in [1.82, 2.24) is 20.2 Å². The Kier molecular flexibility index (Phi) is 4.60. The number of nitrogens with one attached hydrogen (secondary N) is 1. The first-order chi connectivity index (χ1) is 15.1. The summed E-state index contributed by atoms with van der Waals surface area (Å²) in [4.78, 5) is 12.7. The molecule has 3 aromatic rings. The summed E-state index contributed by atoms with van der Waals surface area (Å²) in [6.07, 6.45) is 3.92. The number of aromatic nitrogens is 4. The summed E-state index contributed by atoms with van der Waals surface area (Å²) in [5.74, 6) is 2.14. The first-order valence-electron chi connectivity index (χ1n) is 10.1. The number of benzene rings is 1. The molecule has 3 N–H and O–H groups in total. The molecule has 0 bridgehead atoms. The minimum Gasteiger partial charge on any atom is -0.399 e. The van der Waals surface area contributed by atoms with Crippen molar-refractivity contribution in [1.29, 1.82) is 10.5 Å². The van der Waals surface area contributed by atoms with Crippen LogP contribution in [0.1, 0.15) is 12.0 Å². The van der Waals surface area contributed by atoms with Gasteiger partial charge in [-0.1, -0.05) is 0 Å². The quantitative estimate of drug-likeness (QED) is 0.605. The number of rotatable bonds is 4. The van der Waals surface area contributed by atoms with Crippen LogP contribution < -0.4 is 20.9 Å². The zero-order chi connectivity index (χ0) is 21.4. The molecule has 4 heterocycles. The molecule has 2 fully saturated rings. The average Bonchev–Trinajstić information content (AvgIpc) is 3.21. The van der Waals surface area contributed by atoms with Crippen LogP contribution in [-0.2, 0) is 0 Å². The molecule has 1 atom stereocenters. The Bertz CT molecular complexity index is 1200. The number of anilines is 4. The molecule has 0 saturated carbocycles. The molecular formula is C21H20N10. The van der Waals surface area contributed by atoms with Gasteiger partial charge in [-0.15, -0.1) is 10.2 Å². The van der Waals surface area contributed by atoms with Gasteiger partial charge < -0.3 is 20.9 Å². The minimum atomic E-state index is 0.0347. The molecular weight excluding hydrogens is 392 g/mol. The topological polar surface area (TPSA) is 144 Å². The second-order valence-corrected chi connectivity index (χ2v) is 7.87. The third-order valence-electron chi connectivity index (χ3n) is 5.73. The summed E-state index contributed by atoms with van der Waals surface area (Å²) in [5.41, 5.74) is 7.17. The van der Waals surface area contributed by atoms with Crippen LogP contribution in [-0.4, -0.2) is 52.4 Å². The van der Waals surface area contributed by atoms with Crippen molar-refractivity contribution >= 4 is 34.0 Å². The monoisotopic (exact) mass is 412 g/mol. The molecule has 1 unspecified atom stereocenters. The van der Waals surface area contributed by atoms with Crippen LogP contribution in [0.4, 0.5) is 23.3 Å². The Labute approximate surface area is 178 Å². The molecule has 10 heteroatoms. The summed E-state index contributed by atoms with van der Waals surface area (Å²) >= 11 is 0. The van der Waals surface area contributed by atoms with Gasteiger partial charge >= 0.3 is 0 Å². The molecule has 1 aromatic carbocycles. The smallest absolute Gasteiger partial charge is 0.222 e. The van der Waals surface area contributed by atoms with Gasteiger partial charge in [-0.05, 0) is 24.6 Å². The first kappa shape index (κ1) is 18.8. The highest BCUT2D eigenvalue weighted by Crippen LogP contribution is 2.35. The number of hydrogen-bond acceptors (Lipinski definition) is 10. The van der Waals surface area contributed by atoms with E-state index in [0.29, 0.717) is 30.3 Å². The third-order valence-corrected chi connectivity index (χ3v) is 5.73. The Morgan fingerprint density at radius 2 is 1.74 bits per heavy atom. The van der Waals surface area contributed by atoms with E-state index >= 15 is 0 Å². The second kappa shape index (κ2) is 7.58. The zero-order valence-corrected chi connectivity index (χ0v) is 16.7. The fourth-order valence-electron chi connectivity index (χ4n) is 4.06. The molecule has 2 aromatic heterocycles. The van der Waals surface area contributed by atoms with Gasteiger partial charge in [0.15, 0.2) is 11.6 Å². The van der Waals surface area contributed by atoms with Gasteiger partial charge in [0.25, 0.3) is 0 Å². The second-order valence-electron chi connectivity index (χ2n) is 7.87. The van der Waals surface area contributed by atoms with E-state index in [1.807, 2.05) is 24.3 Å². The molecule has 5 rings (SSSR count). The van der Waals surface area contributed by atoms with Crippen molar-refractivity contribution in [2.45, 2.75) is 12.5 Å². The third kappa shape index (κ3) is 3.49. The number of hydrogen-bond donors (Lipinski definition) is 2. The molecule has 2 saturated heterocycles. The van der Waals surface area contributed by atoms with E-state index in [2.05, 4.69) is 41.4 Å². The van der Waals surface area contributed by atoms with Crippen LogP contribution >= 0.6 is 0 Å². The fraction of sp³-hybridized carbons (Fsp3) is 0.333. The molecule has 2 aliphatic heterocycles. The van der Waals surface area contributed by atoms with E-state index in [1.54, 1.807) is 0 Å². The van der Waals surface area contributed by atoms with Gasteiger partial charge in [0.05, 0.1) is 29.9 Å². The molecule has 154 valence electrons. The maximum atomic E-state index is 9.08. The molecule has 31 heavy (non-hydrogen) atoms. The maximum absolute atomic E-state index is 9.08. The number of fused-ring (bicyclic) bond motifs is 1.